The molecule has 2 nitrogen and oxygen atoms in total. The molecule has 2 heteroatoms. The van der Waals surface area contributed by atoms with Crippen LogP contribution in [0.3, 0.4) is 0 Å². The summed E-state index contributed by atoms with van der Waals surface area (Å²) in [4.78, 5) is 8.85. The SMILES string of the molecule is Cc1ncc([C@@H](C)C(C)C)nc1C. The summed E-state index contributed by atoms with van der Waals surface area (Å²) in [6, 6.07) is 0. The van der Waals surface area contributed by atoms with Crippen molar-refractivity contribution in [1.82, 2.24) is 9.97 Å². The maximum absolute atomic E-state index is 4.53. The number of hydrogen-bond donors (Lipinski definition) is 0. The van der Waals surface area contributed by atoms with Crippen LogP contribution >= 0.6 is 0 Å². The molecule has 0 aromatic carbocycles. The smallest absolute Gasteiger partial charge is 0.0620 e. The molecule has 0 N–H and O–H groups in total. The normalized spacial score (nSPS) is 13.4. The average molecular weight is 178 g/mol. The van der Waals surface area contributed by atoms with Gasteiger partial charge in [0.05, 0.1) is 17.1 Å². The molecule has 0 aliphatic rings. The van der Waals surface area contributed by atoms with Crippen LogP contribution in [0.25, 0.3) is 0 Å². The highest BCUT2D eigenvalue weighted by Crippen LogP contribution is 2.21. The predicted octanol–water partition coefficient (Wildman–Crippen LogP) is 2.85. The summed E-state index contributed by atoms with van der Waals surface area (Å²) in [5.41, 5.74) is 3.18. The van der Waals surface area contributed by atoms with E-state index in [1.165, 1.54) is 0 Å². The van der Waals surface area contributed by atoms with E-state index in [0.29, 0.717) is 11.8 Å². The monoisotopic (exact) mass is 178 g/mol. The Balaban J connectivity index is 2.97. The van der Waals surface area contributed by atoms with Gasteiger partial charge in [0.2, 0.25) is 0 Å². The first-order valence-corrected chi connectivity index (χ1v) is 4.82. The van der Waals surface area contributed by atoms with Crippen molar-refractivity contribution >= 4 is 0 Å². The molecule has 1 atom stereocenters. The first-order valence-electron chi connectivity index (χ1n) is 4.82. The largest absolute Gasteiger partial charge is 0.258 e. The number of hydrogen-bond acceptors (Lipinski definition) is 2. The van der Waals surface area contributed by atoms with Crippen molar-refractivity contribution in [1.29, 1.82) is 0 Å². The Kier molecular flexibility index (Phi) is 3.02. The van der Waals surface area contributed by atoms with Gasteiger partial charge in [0.25, 0.3) is 0 Å². The minimum atomic E-state index is 0.492. The van der Waals surface area contributed by atoms with E-state index in [1.54, 1.807) is 0 Å². The van der Waals surface area contributed by atoms with E-state index < -0.39 is 0 Å². The summed E-state index contributed by atoms with van der Waals surface area (Å²) >= 11 is 0. The third-order valence-corrected chi connectivity index (χ3v) is 2.68. The van der Waals surface area contributed by atoms with E-state index in [0.717, 1.165) is 17.1 Å². The zero-order valence-electron chi connectivity index (χ0n) is 9.13. The molecule has 0 aliphatic heterocycles. The van der Waals surface area contributed by atoms with Crippen molar-refractivity contribution in [2.45, 2.75) is 40.5 Å². The Morgan fingerprint density at radius 2 is 1.69 bits per heavy atom. The minimum absolute atomic E-state index is 0.492. The molecule has 0 aliphatic carbocycles. The van der Waals surface area contributed by atoms with Crippen molar-refractivity contribution in [3.63, 3.8) is 0 Å². The van der Waals surface area contributed by atoms with E-state index in [4.69, 9.17) is 0 Å². The second kappa shape index (κ2) is 3.86. The van der Waals surface area contributed by atoms with Gasteiger partial charge in [-0.1, -0.05) is 20.8 Å². The van der Waals surface area contributed by atoms with Crippen molar-refractivity contribution in [3.05, 3.63) is 23.3 Å². The second-order valence-electron chi connectivity index (χ2n) is 4.00. The molecule has 0 amide bonds. The Labute approximate surface area is 80.4 Å². The Morgan fingerprint density at radius 1 is 1.08 bits per heavy atom. The van der Waals surface area contributed by atoms with Crippen LogP contribution in [0.15, 0.2) is 6.20 Å². The van der Waals surface area contributed by atoms with Crippen LogP contribution in [-0.4, -0.2) is 9.97 Å². The van der Waals surface area contributed by atoms with Crippen LogP contribution < -0.4 is 0 Å². The Bertz CT molecular complexity index is 292. The maximum atomic E-state index is 4.53. The van der Waals surface area contributed by atoms with Crippen LogP contribution in [0, 0.1) is 19.8 Å². The third kappa shape index (κ3) is 2.27. The second-order valence-corrected chi connectivity index (χ2v) is 4.00. The van der Waals surface area contributed by atoms with E-state index in [9.17, 15) is 0 Å². The van der Waals surface area contributed by atoms with Crippen molar-refractivity contribution in [3.8, 4) is 0 Å². The highest BCUT2D eigenvalue weighted by atomic mass is 14.8. The summed E-state index contributed by atoms with van der Waals surface area (Å²) in [6.07, 6.45) is 1.90. The molecule has 0 unspecified atom stereocenters. The fraction of sp³-hybridized carbons (Fsp3) is 0.636. The van der Waals surface area contributed by atoms with Crippen LogP contribution in [0.4, 0.5) is 0 Å². The maximum Gasteiger partial charge on any atom is 0.0620 e. The highest BCUT2D eigenvalue weighted by molar-refractivity contribution is 5.13. The molecule has 13 heavy (non-hydrogen) atoms. The fourth-order valence-electron chi connectivity index (χ4n) is 1.12. The van der Waals surface area contributed by atoms with E-state index in [2.05, 4.69) is 30.7 Å². The molecule has 0 radical (unpaired) electrons. The molecule has 1 rings (SSSR count). The van der Waals surface area contributed by atoms with Gasteiger partial charge in [-0.2, -0.15) is 0 Å². The van der Waals surface area contributed by atoms with Gasteiger partial charge >= 0.3 is 0 Å². The molecule has 1 heterocycles. The van der Waals surface area contributed by atoms with Gasteiger partial charge < -0.3 is 0 Å². The molecule has 72 valence electrons. The van der Waals surface area contributed by atoms with Crippen molar-refractivity contribution in [2.75, 3.05) is 0 Å². The number of aromatic nitrogens is 2. The fourth-order valence-corrected chi connectivity index (χ4v) is 1.12. The van der Waals surface area contributed by atoms with Gasteiger partial charge in [0.15, 0.2) is 0 Å². The van der Waals surface area contributed by atoms with Gasteiger partial charge in [-0.25, -0.2) is 0 Å². The highest BCUT2D eigenvalue weighted by Gasteiger charge is 2.12. The molecule has 1 aromatic heterocycles. The van der Waals surface area contributed by atoms with Gasteiger partial charge in [-0.15, -0.1) is 0 Å². The third-order valence-electron chi connectivity index (χ3n) is 2.68. The number of nitrogens with zero attached hydrogens (tertiary/aromatic N) is 2. The van der Waals surface area contributed by atoms with Crippen molar-refractivity contribution in [2.24, 2.45) is 5.92 Å². The summed E-state index contributed by atoms with van der Waals surface area (Å²) in [5, 5.41) is 0. The van der Waals surface area contributed by atoms with Crippen LogP contribution in [0.2, 0.25) is 0 Å². The molecule has 0 saturated carbocycles. The Morgan fingerprint density at radius 3 is 2.15 bits per heavy atom. The van der Waals surface area contributed by atoms with Gasteiger partial charge in [0.1, 0.15) is 0 Å². The lowest BCUT2D eigenvalue weighted by atomic mass is 9.95. The first-order chi connectivity index (χ1) is 6.02. The van der Waals surface area contributed by atoms with Gasteiger partial charge in [-0.05, 0) is 19.8 Å². The van der Waals surface area contributed by atoms with Crippen LogP contribution in [-0.2, 0) is 0 Å². The zero-order chi connectivity index (χ0) is 10.0. The van der Waals surface area contributed by atoms with Crippen molar-refractivity contribution < 1.29 is 0 Å². The average Bonchev–Trinajstić information content (AvgIpc) is 2.08. The van der Waals surface area contributed by atoms with E-state index >= 15 is 0 Å². The topological polar surface area (TPSA) is 25.8 Å². The molecular formula is C11H18N2. The molecule has 0 saturated heterocycles. The quantitative estimate of drug-likeness (QED) is 0.696. The number of aryl methyl sites for hydroxylation is 2. The summed E-state index contributed by atoms with van der Waals surface area (Å²) in [5.74, 6) is 1.11. The minimum Gasteiger partial charge on any atom is -0.258 e. The summed E-state index contributed by atoms with van der Waals surface area (Å²) in [6.45, 7) is 10.6. The molecule has 0 bridgehead atoms. The summed E-state index contributed by atoms with van der Waals surface area (Å²) < 4.78 is 0. The van der Waals surface area contributed by atoms with E-state index in [-0.39, 0.29) is 0 Å². The molecule has 1 aromatic rings. The molecule has 0 fully saturated rings. The molecule has 0 spiro atoms. The lowest BCUT2D eigenvalue weighted by Crippen LogP contribution is -2.07. The first kappa shape index (κ1) is 10.2. The summed E-state index contributed by atoms with van der Waals surface area (Å²) in [7, 11) is 0. The van der Waals surface area contributed by atoms with E-state index in [1.807, 2.05) is 20.0 Å². The lowest BCUT2D eigenvalue weighted by Gasteiger charge is -2.15. The van der Waals surface area contributed by atoms with Crippen LogP contribution in [0.5, 0.6) is 0 Å². The molecular weight excluding hydrogens is 160 g/mol. The lowest BCUT2D eigenvalue weighted by molar-refractivity contribution is 0.520. The predicted molar refractivity (Wildman–Crippen MR) is 54.8 cm³/mol. The number of rotatable bonds is 2. The van der Waals surface area contributed by atoms with Gasteiger partial charge in [0, 0.05) is 12.1 Å². The standard InChI is InChI=1S/C11H18N2/c1-7(2)8(3)11-6-12-9(4)10(5)13-11/h6-8H,1-5H3/t8-/m0/s1. The van der Waals surface area contributed by atoms with Crippen LogP contribution in [0.1, 0.15) is 43.8 Å². The van der Waals surface area contributed by atoms with Gasteiger partial charge in [-0.3, -0.25) is 9.97 Å². The Hall–Kier alpha value is -0.920. The zero-order valence-corrected chi connectivity index (χ0v) is 9.13.